The first-order chi connectivity index (χ1) is 5.70. The lowest BCUT2D eigenvalue weighted by Gasteiger charge is -2.03. The second-order valence-electron chi connectivity index (χ2n) is 2.20. The smallest absolute Gasteiger partial charge is 0.129 e. The molecule has 0 spiro atoms. The van der Waals surface area contributed by atoms with Crippen molar-refractivity contribution in [3.8, 4) is 6.07 Å². The van der Waals surface area contributed by atoms with Crippen LogP contribution < -0.4 is 5.73 Å². The Labute approximate surface area is 74.4 Å². The largest absolute Gasteiger partial charge is 0.326 e. The predicted molar refractivity (Wildman–Crippen MR) is 44.0 cm³/mol. The normalized spacial score (nSPS) is 9.50. The lowest BCUT2D eigenvalue weighted by molar-refractivity contribution is 0.610. The highest BCUT2D eigenvalue weighted by Crippen LogP contribution is 2.22. The van der Waals surface area contributed by atoms with Crippen LogP contribution in [-0.2, 0) is 6.54 Å². The van der Waals surface area contributed by atoms with Gasteiger partial charge in [-0.1, -0.05) is 11.6 Å². The van der Waals surface area contributed by atoms with Gasteiger partial charge in [-0.05, 0) is 12.1 Å². The lowest BCUT2D eigenvalue weighted by atomic mass is 10.1. The zero-order valence-corrected chi connectivity index (χ0v) is 6.90. The lowest BCUT2D eigenvalue weighted by Crippen LogP contribution is -2.01. The molecular weight excluding hydrogens is 179 g/mol. The molecule has 0 amide bonds. The van der Waals surface area contributed by atoms with Crippen LogP contribution in [0.25, 0.3) is 0 Å². The van der Waals surface area contributed by atoms with E-state index in [-0.39, 0.29) is 22.7 Å². The minimum Gasteiger partial charge on any atom is -0.326 e. The van der Waals surface area contributed by atoms with Crippen LogP contribution in [0.3, 0.4) is 0 Å². The van der Waals surface area contributed by atoms with Gasteiger partial charge in [0.05, 0.1) is 10.6 Å². The summed E-state index contributed by atoms with van der Waals surface area (Å²) in [6.07, 6.45) is 0. The molecule has 62 valence electrons. The summed E-state index contributed by atoms with van der Waals surface area (Å²) in [7, 11) is 0. The third-order valence-electron chi connectivity index (χ3n) is 1.51. The molecule has 0 saturated carbocycles. The first-order valence-electron chi connectivity index (χ1n) is 3.27. The molecular formula is C8H6ClFN2. The number of nitrogens with two attached hydrogens (primary N) is 1. The van der Waals surface area contributed by atoms with E-state index in [2.05, 4.69) is 0 Å². The van der Waals surface area contributed by atoms with E-state index in [0.29, 0.717) is 0 Å². The van der Waals surface area contributed by atoms with Crippen LogP contribution in [0.1, 0.15) is 11.1 Å². The quantitative estimate of drug-likeness (QED) is 0.724. The Morgan fingerprint density at radius 1 is 1.58 bits per heavy atom. The van der Waals surface area contributed by atoms with E-state index < -0.39 is 5.82 Å². The summed E-state index contributed by atoms with van der Waals surface area (Å²) in [4.78, 5) is 0. The van der Waals surface area contributed by atoms with Crippen molar-refractivity contribution in [1.82, 2.24) is 0 Å². The topological polar surface area (TPSA) is 49.8 Å². The zero-order valence-electron chi connectivity index (χ0n) is 6.14. The Morgan fingerprint density at radius 3 is 2.75 bits per heavy atom. The van der Waals surface area contributed by atoms with E-state index in [4.69, 9.17) is 22.6 Å². The molecule has 0 unspecified atom stereocenters. The van der Waals surface area contributed by atoms with Gasteiger partial charge in [0.1, 0.15) is 11.9 Å². The first-order valence-corrected chi connectivity index (χ1v) is 3.65. The van der Waals surface area contributed by atoms with Gasteiger partial charge < -0.3 is 5.73 Å². The molecule has 0 saturated heterocycles. The number of nitrogens with zero attached hydrogens (tertiary/aromatic N) is 1. The van der Waals surface area contributed by atoms with Crippen molar-refractivity contribution >= 4 is 11.6 Å². The minimum absolute atomic E-state index is 0.000185. The number of hydrogen-bond acceptors (Lipinski definition) is 2. The Balaban J connectivity index is 3.36. The van der Waals surface area contributed by atoms with E-state index in [1.807, 2.05) is 6.07 Å². The molecule has 0 fully saturated rings. The van der Waals surface area contributed by atoms with Gasteiger partial charge >= 0.3 is 0 Å². The second kappa shape index (κ2) is 3.53. The minimum atomic E-state index is -0.471. The molecule has 0 radical (unpaired) electrons. The highest BCUT2D eigenvalue weighted by atomic mass is 35.5. The second-order valence-corrected chi connectivity index (χ2v) is 2.58. The van der Waals surface area contributed by atoms with Gasteiger partial charge in [0.25, 0.3) is 0 Å². The standard InChI is InChI=1S/C8H6ClFN2/c9-8-5(3-11)1-2-7(10)6(8)4-12/h1-2H,4,12H2. The number of halogens is 2. The number of nitriles is 1. The first kappa shape index (κ1) is 8.98. The van der Waals surface area contributed by atoms with Crippen molar-refractivity contribution in [3.05, 3.63) is 34.1 Å². The van der Waals surface area contributed by atoms with E-state index in [0.717, 1.165) is 0 Å². The van der Waals surface area contributed by atoms with Crippen LogP contribution in [0.15, 0.2) is 12.1 Å². The average molecular weight is 185 g/mol. The molecule has 0 aliphatic heterocycles. The molecule has 2 nitrogen and oxygen atoms in total. The van der Waals surface area contributed by atoms with Crippen molar-refractivity contribution in [1.29, 1.82) is 5.26 Å². The maximum Gasteiger partial charge on any atom is 0.129 e. The van der Waals surface area contributed by atoms with Gasteiger partial charge in [-0.3, -0.25) is 0 Å². The van der Waals surface area contributed by atoms with Crippen LogP contribution in [0, 0.1) is 17.1 Å². The maximum atomic E-state index is 12.9. The van der Waals surface area contributed by atoms with Crippen molar-refractivity contribution in [2.45, 2.75) is 6.54 Å². The predicted octanol–water partition coefficient (Wildman–Crippen LogP) is 1.81. The fourth-order valence-corrected chi connectivity index (χ4v) is 1.14. The third-order valence-corrected chi connectivity index (χ3v) is 1.94. The molecule has 0 bridgehead atoms. The number of benzene rings is 1. The van der Waals surface area contributed by atoms with Gasteiger partial charge in [-0.25, -0.2) is 4.39 Å². The Hall–Kier alpha value is -1.11. The van der Waals surface area contributed by atoms with Gasteiger partial charge in [-0.15, -0.1) is 0 Å². The summed E-state index contributed by atoms with van der Waals surface area (Å²) in [5.74, 6) is -0.471. The van der Waals surface area contributed by atoms with E-state index in [1.54, 1.807) is 0 Å². The number of rotatable bonds is 1. The molecule has 12 heavy (non-hydrogen) atoms. The molecule has 1 rings (SSSR count). The maximum absolute atomic E-state index is 12.9. The molecule has 0 atom stereocenters. The molecule has 1 aromatic carbocycles. The van der Waals surface area contributed by atoms with Crippen molar-refractivity contribution in [2.75, 3.05) is 0 Å². The summed E-state index contributed by atoms with van der Waals surface area (Å²) < 4.78 is 12.9. The monoisotopic (exact) mass is 184 g/mol. The third kappa shape index (κ3) is 1.40. The summed E-state index contributed by atoms with van der Waals surface area (Å²) in [6, 6.07) is 4.36. The fraction of sp³-hybridized carbons (Fsp3) is 0.125. The highest BCUT2D eigenvalue weighted by Gasteiger charge is 2.09. The molecule has 0 aliphatic carbocycles. The summed E-state index contributed by atoms with van der Waals surface area (Å²) in [5.41, 5.74) is 5.68. The van der Waals surface area contributed by atoms with Crippen LogP contribution in [0.2, 0.25) is 5.02 Å². The average Bonchev–Trinajstić information content (AvgIpc) is 2.06. The molecule has 0 aromatic heterocycles. The van der Waals surface area contributed by atoms with E-state index in [1.165, 1.54) is 12.1 Å². The van der Waals surface area contributed by atoms with Gasteiger partial charge in [0, 0.05) is 12.1 Å². The van der Waals surface area contributed by atoms with Crippen molar-refractivity contribution < 1.29 is 4.39 Å². The van der Waals surface area contributed by atoms with Crippen molar-refractivity contribution in [2.24, 2.45) is 5.73 Å². The summed E-state index contributed by atoms with van der Waals surface area (Å²) in [5, 5.41) is 8.64. The van der Waals surface area contributed by atoms with Gasteiger partial charge in [-0.2, -0.15) is 5.26 Å². The summed E-state index contributed by atoms with van der Waals surface area (Å²) in [6.45, 7) is 0.000185. The van der Waals surface area contributed by atoms with E-state index in [9.17, 15) is 4.39 Å². The molecule has 0 aliphatic rings. The molecule has 2 N–H and O–H groups in total. The Bertz CT molecular complexity index is 344. The van der Waals surface area contributed by atoms with E-state index >= 15 is 0 Å². The number of hydrogen-bond donors (Lipinski definition) is 1. The van der Waals surface area contributed by atoms with Gasteiger partial charge in [0.2, 0.25) is 0 Å². The summed E-state index contributed by atoms with van der Waals surface area (Å²) >= 11 is 5.67. The highest BCUT2D eigenvalue weighted by molar-refractivity contribution is 6.32. The molecule has 1 aromatic rings. The SMILES string of the molecule is N#Cc1ccc(F)c(CN)c1Cl. The van der Waals surface area contributed by atoms with Crippen LogP contribution in [0.5, 0.6) is 0 Å². The Kier molecular flexibility index (Phi) is 2.64. The Morgan fingerprint density at radius 2 is 2.25 bits per heavy atom. The van der Waals surface area contributed by atoms with Crippen LogP contribution >= 0.6 is 11.6 Å². The van der Waals surface area contributed by atoms with Crippen LogP contribution in [0.4, 0.5) is 4.39 Å². The molecule has 0 heterocycles. The van der Waals surface area contributed by atoms with Gasteiger partial charge in [0.15, 0.2) is 0 Å². The fourth-order valence-electron chi connectivity index (χ4n) is 0.871. The van der Waals surface area contributed by atoms with Crippen molar-refractivity contribution in [3.63, 3.8) is 0 Å². The molecule has 4 heteroatoms. The zero-order chi connectivity index (χ0) is 9.14. The van der Waals surface area contributed by atoms with Crippen LogP contribution in [-0.4, -0.2) is 0 Å².